The summed E-state index contributed by atoms with van der Waals surface area (Å²) < 4.78 is 5.18. The van der Waals surface area contributed by atoms with Crippen LogP contribution >= 0.6 is 0 Å². The molecule has 2 aromatic rings. The van der Waals surface area contributed by atoms with Gasteiger partial charge in [0.1, 0.15) is 18.4 Å². The Morgan fingerprint density at radius 3 is 2.24 bits per heavy atom. The molecule has 0 bridgehead atoms. The van der Waals surface area contributed by atoms with Gasteiger partial charge in [0.15, 0.2) is 0 Å². The van der Waals surface area contributed by atoms with E-state index in [0.717, 1.165) is 16.2 Å². The monoisotopic (exact) mass is 469 g/mol. The van der Waals surface area contributed by atoms with Gasteiger partial charge in [0, 0.05) is 13.5 Å². The van der Waals surface area contributed by atoms with Crippen LogP contribution in [0.4, 0.5) is 0 Å². The summed E-state index contributed by atoms with van der Waals surface area (Å²) in [6.07, 6.45) is 1.44. The number of hydrogen-bond donors (Lipinski definition) is 2. The van der Waals surface area contributed by atoms with Crippen molar-refractivity contribution in [3.63, 3.8) is 0 Å². The van der Waals surface area contributed by atoms with E-state index >= 15 is 0 Å². The number of amides is 3. The predicted molar refractivity (Wildman–Crippen MR) is 130 cm³/mol. The second-order valence-electron chi connectivity index (χ2n) is 8.52. The number of carbonyl (C=O) groups is 3. The van der Waals surface area contributed by atoms with Crippen LogP contribution in [-0.2, 0) is 32.2 Å². The number of methoxy groups -OCH3 is 1. The fraction of sp³-hybridized carbons (Fsp3) is 0.423. The maximum Gasteiger partial charge on any atom is 0.242 e. The fourth-order valence-electron chi connectivity index (χ4n) is 3.58. The molecule has 2 atom stereocenters. The predicted octanol–water partition coefficient (Wildman–Crippen LogP) is 2.72. The number of hydroxylamine groups is 2. The summed E-state index contributed by atoms with van der Waals surface area (Å²) in [5.74, 6) is -0.209. The molecule has 0 fully saturated rings. The second-order valence-corrected chi connectivity index (χ2v) is 8.52. The number of nitrogens with zero attached hydrogens (tertiary/aromatic N) is 1. The third kappa shape index (κ3) is 8.86. The first-order valence-corrected chi connectivity index (χ1v) is 11.4. The van der Waals surface area contributed by atoms with Gasteiger partial charge in [-0.05, 0) is 35.6 Å². The van der Waals surface area contributed by atoms with E-state index in [4.69, 9.17) is 9.57 Å². The first kappa shape index (κ1) is 26.9. The third-order valence-electron chi connectivity index (χ3n) is 5.36. The highest BCUT2D eigenvalue weighted by Crippen LogP contribution is 2.16. The summed E-state index contributed by atoms with van der Waals surface area (Å²) in [6, 6.07) is 16.1. The highest BCUT2D eigenvalue weighted by atomic mass is 16.7. The molecule has 0 aliphatic carbocycles. The number of nitrogens with one attached hydrogen (secondary N) is 2. The molecule has 8 nitrogen and oxygen atoms in total. The van der Waals surface area contributed by atoms with Crippen LogP contribution in [0.2, 0.25) is 0 Å². The molecule has 0 saturated heterocycles. The molecule has 0 saturated carbocycles. The average Bonchev–Trinajstić information content (AvgIpc) is 2.85. The normalized spacial score (nSPS) is 12.5. The van der Waals surface area contributed by atoms with Gasteiger partial charge in [-0.2, -0.15) is 0 Å². The Hall–Kier alpha value is -3.39. The number of ether oxygens (including phenoxy) is 1. The summed E-state index contributed by atoms with van der Waals surface area (Å²) in [6.45, 7) is 4.31. The molecule has 0 aliphatic heterocycles. The molecule has 2 aromatic carbocycles. The van der Waals surface area contributed by atoms with E-state index in [9.17, 15) is 14.4 Å². The van der Waals surface area contributed by atoms with Crippen LogP contribution in [0.25, 0.3) is 0 Å². The van der Waals surface area contributed by atoms with E-state index in [1.165, 1.54) is 7.05 Å². The molecule has 0 heterocycles. The van der Waals surface area contributed by atoms with Crippen molar-refractivity contribution in [1.29, 1.82) is 0 Å². The standard InChI is InChI=1S/C26H35N3O5/c1-19(2)14-22(16-29(18-30)34-17-21-8-6-5-7-9-21)25(31)28-24(26(32)27-3)15-20-10-12-23(33-4)13-11-20/h5-13,18-19,22,24H,14-17H2,1-4H3,(H,27,32)(H,28,31)/t22?,24-/m0/s1. The summed E-state index contributed by atoms with van der Waals surface area (Å²) in [5.41, 5.74) is 1.80. The molecule has 184 valence electrons. The molecular formula is C26H35N3O5. The zero-order chi connectivity index (χ0) is 24.9. The van der Waals surface area contributed by atoms with E-state index in [0.29, 0.717) is 25.0 Å². The van der Waals surface area contributed by atoms with Gasteiger partial charge < -0.3 is 15.4 Å². The molecule has 2 rings (SSSR count). The van der Waals surface area contributed by atoms with Crippen molar-refractivity contribution in [1.82, 2.24) is 15.7 Å². The molecular weight excluding hydrogens is 434 g/mol. The smallest absolute Gasteiger partial charge is 0.242 e. The van der Waals surface area contributed by atoms with Crippen molar-refractivity contribution in [2.24, 2.45) is 11.8 Å². The van der Waals surface area contributed by atoms with Crippen molar-refractivity contribution in [2.45, 2.75) is 39.3 Å². The van der Waals surface area contributed by atoms with E-state index in [-0.39, 0.29) is 30.9 Å². The molecule has 0 aromatic heterocycles. The average molecular weight is 470 g/mol. The van der Waals surface area contributed by atoms with Gasteiger partial charge in [0.25, 0.3) is 0 Å². The Morgan fingerprint density at radius 2 is 1.68 bits per heavy atom. The first-order chi connectivity index (χ1) is 16.4. The van der Waals surface area contributed by atoms with Crippen molar-refractivity contribution >= 4 is 18.2 Å². The number of benzene rings is 2. The number of likely N-dealkylation sites (N-methyl/N-ethyl adjacent to an activating group) is 1. The van der Waals surface area contributed by atoms with Crippen LogP contribution in [-0.4, -0.2) is 50.0 Å². The summed E-state index contributed by atoms with van der Waals surface area (Å²) in [7, 11) is 3.12. The highest BCUT2D eigenvalue weighted by Gasteiger charge is 2.28. The highest BCUT2D eigenvalue weighted by molar-refractivity contribution is 5.88. The Kier molecular flexibility index (Phi) is 11.1. The lowest BCUT2D eigenvalue weighted by Crippen LogP contribution is -2.50. The maximum atomic E-state index is 13.2. The third-order valence-corrected chi connectivity index (χ3v) is 5.36. The summed E-state index contributed by atoms with van der Waals surface area (Å²) >= 11 is 0. The van der Waals surface area contributed by atoms with Crippen molar-refractivity contribution < 1.29 is 24.0 Å². The van der Waals surface area contributed by atoms with Gasteiger partial charge in [-0.1, -0.05) is 56.3 Å². The molecule has 1 unspecified atom stereocenters. The van der Waals surface area contributed by atoms with Crippen LogP contribution in [0.3, 0.4) is 0 Å². The molecule has 3 amide bonds. The SMILES string of the molecule is CNC(=O)[C@H](Cc1ccc(OC)cc1)NC(=O)C(CC(C)C)CN(C=O)OCc1ccccc1. The molecule has 0 spiro atoms. The zero-order valence-corrected chi connectivity index (χ0v) is 20.3. The van der Waals surface area contributed by atoms with E-state index < -0.39 is 12.0 Å². The van der Waals surface area contributed by atoms with Crippen LogP contribution in [0.5, 0.6) is 5.75 Å². The minimum atomic E-state index is -0.754. The number of carbonyl (C=O) groups excluding carboxylic acids is 3. The van der Waals surface area contributed by atoms with Gasteiger partial charge >= 0.3 is 0 Å². The summed E-state index contributed by atoms with van der Waals surface area (Å²) in [5, 5.41) is 6.64. The lowest BCUT2D eigenvalue weighted by Gasteiger charge is -2.26. The minimum Gasteiger partial charge on any atom is -0.497 e. The zero-order valence-electron chi connectivity index (χ0n) is 20.3. The molecule has 8 heteroatoms. The molecule has 2 N–H and O–H groups in total. The second kappa shape index (κ2) is 14.0. The largest absolute Gasteiger partial charge is 0.497 e. The Labute approximate surface area is 201 Å². The molecule has 34 heavy (non-hydrogen) atoms. The molecule has 0 radical (unpaired) electrons. The van der Waals surface area contributed by atoms with E-state index in [1.807, 2.05) is 68.4 Å². The van der Waals surface area contributed by atoms with Crippen LogP contribution in [0.15, 0.2) is 54.6 Å². The van der Waals surface area contributed by atoms with Crippen molar-refractivity contribution in [3.05, 3.63) is 65.7 Å². The van der Waals surface area contributed by atoms with Gasteiger partial charge in [-0.15, -0.1) is 0 Å². The topological polar surface area (TPSA) is 97.0 Å². The lowest BCUT2D eigenvalue weighted by atomic mass is 9.95. The number of hydrogen-bond acceptors (Lipinski definition) is 5. The van der Waals surface area contributed by atoms with Crippen molar-refractivity contribution in [2.75, 3.05) is 20.7 Å². The molecule has 0 aliphatic rings. The summed E-state index contributed by atoms with van der Waals surface area (Å²) in [4.78, 5) is 43.0. The van der Waals surface area contributed by atoms with Gasteiger partial charge in [-0.25, -0.2) is 5.06 Å². The van der Waals surface area contributed by atoms with Gasteiger partial charge in [-0.3, -0.25) is 19.2 Å². The lowest BCUT2D eigenvalue weighted by molar-refractivity contribution is -0.182. The fourth-order valence-corrected chi connectivity index (χ4v) is 3.58. The Bertz CT molecular complexity index is 902. The van der Waals surface area contributed by atoms with E-state index in [2.05, 4.69) is 10.6 Å². The quantitative estimate of drug-likeness (QED) is 0.328. The first-order valence-electron chi connectivity index (χ1n) is 11.4. The van der Waals surface area contributed by atoms with Crippen LogP contribution in [0, 0.1) is 11.8 Å². The van der Waals surface area contributed by atoms with Crippen LogP contribution < -0.4 is 15.4 Å². The van der Waals surface area contributed by atoms with E-state index in [1.54, 1.807) is 7.11 Å². The van der Waals surface area contributed by atoms with Crippen LogP contribution in [0.1, 0.15) is 31.4 Å². The van der Waals surface area contributed by atoms with Gasteiger partial charge in [0.2, 0.25) is 18.2 Å². The number of rotatable bonds is 14. The Morgan fingerprint density at radius 1 is 1.00 bits per heavy atom. The van der Waals surface area contributed by atoms with Gasteiger partial charge in [0.05, 0.1) is 19.6 Å². The van der Waals surface area contributed by atoms with Crippen molar-refractivity contribution in [3.8, 4) is 5.75 Å². The maximum absolute atomic E-state index is 13.2. The Balaban J connectivity index is 2.08. The minimum absolute atomic E-state index is 0.0867.